The number of imidazole rings is 1. The number of aromatic nitrogens is 4. The lowest BCUT2D eigenvalue weighted by atomic mass is 10.3. The van der Waals surface area contributed by atoms with Crippen LogP contribution in [0.4, 0.5) is 5.95 Å². The third kappa shape index (κ3) is 8.06. The molecule has 13 nitrogen and oxygen atoms in total. The fourth-order valence-corrected chi connectivity index (χ4v) is 4.89. The monoisotopic (exact) mass is 521 g/mol. The molecule has 198 valence electrons. The van der Waals surface area contributed by atoms with Gasteiger partial charge in [-0.05, 0) is 27.7 Å². The fourth-order valence-electron chi connectivity index (χ4n) is 3.30. The van der Waals surface area contributed by atoms with E-state index in [1.54, 1.807) is 18.3 Å². The Bertz CT molecular complexity index is 1130. The molecule has 0 radical (unpaired) electrons. The molecule has 0 aliphatic heterocycles. The van der Waals surface area contributed by atoms with Crippen molar-refractivity contribution in [3.63, 3.8) is 0 Å². The van der Waals surface area contributed by atoms with Crippen LogP contribution in [0.2, 0.25) is 0 Å². The summed E-state index contributed by atoms with van der Waals surface area (Å²) >= 11 is 0. The van der Waals surface area contributed by atoms with Gasteiger partial charge in [0.05, 0.1) is 38.4 Å². The van der Waals surface area contributed by atoms with Crippen molar-refractivity contribution < 1.29 is 13.8 Å². The second kappa shape index (κ2) is 14.0. The van der Waals surface area contributed by atoms with Gasteiger partial charge >= 0.3 is 0 Å². The molecular formula is C22H36N9O4P. The molecule has 14 heteroatoms. The van der Waals surface area contributed by atoms with E-state index >= 15 is 0 Å². The van der Waals surface area contributed by atoms with Crippen LogP contribution in [0.5, 0.6) is 0 Å². The van der Waals surface area contributed by atoms with E-state index in [0.717, 1.165) is 0 Å². The van der Waals surface area contributed by atoms with Crippen LogP contribution in [-0.2, 0) is 27.4 Å². The topological polar surface area (TPSA) is 143 Å². The predicted octanol–water partition coefficient (Wildman–Crippen LogP) is 1.76. The van der Waals surface area contributed by atoms with E-state index < -0.39 is 8.53 Å². The number of fused-ring (bicyclic) bond motifs is 1. The van der Waals surface area contributed by atoms with Gasteiger partial charge in [0.2, 0.25) is 11.9 Å². The van der Waals surface area contributed by atoms with E-state index in [1.807, 2.05) is 14.1 Å². The second-order valence-electron chi connectivity index (χ2n) is 8.76. The van der Waals surface area contributed by atoms with Crippen LogP contribution in [0.25, 0.3) is 11.2 Å². The number of nitriles is 1. The number of carbonyl (C=O) groups excluding carboxylic acids is 1. The van der Waals surface area contributed by atoms with Gasteiger partial charge < -0.3 is 23.8 Å². The molecule has 1 N–H and O–H groups in total. The minimum Gasteiger partial charge on any atom is -0.369 e. The number of carbonyl (C=O) groups is 1. The second-order valence-corrected chi connectivity index (χ2v) is 10.2. The van der Waals surface area contributed by atoms with Gasteiger partial charge in [0.1, 0.15) is 6.54 Å². The van der Waals surface area contributed by atoms with E-state index in [2.05, 4.69) is 58.7 Å². The van der Waals surface area contributed by atoms with E-state index in [9.17, 15) is 9.59 Å². The lowest BCUT2D eigenvalue weighted by Crippen LogP contribution is -2.35. The van der Waals surface area contributed by atoms with Gasteiger partial charge in [0, 0.05) is 39.8 Å². The van der Waals surface area contributed by atoms with Crippen LogP contribution in [0, 0.1) is 11.3 Å². The number of amides is 1. The van der Waals surface area contributed by atoms with Crippen LogP contribution >= 0.6 is 8.53 Å². The van der Waals surface area contributed by atoms with Crippen molar-refractivity contribution >= 4 is 37.9 Å². The molecular weight excluding hydrogens is 485 g/mol. The van der Waals surface area contributed by atoms with Crippen LogP contribution in [0.1, 0.15) is 34.1 Å². The Balaban J connectivity index is 2.02. The standard InChI is InChI=1S/C22H36N9O4P/c1-16(2)31(17(3)4)36(34-11-8-9-23)35-12-10-24-18(32)13-30-15-25-19-20(30)27-22(26-14-28(5)6)29(7)21(19)33/h14-17H,8,10-13H2,1-7H3,(H,24,32)/b26-14+. The Hall–Kier alpha value is -2.91. The molecule has 36 heavy (non-hydrogen) atoms. The molecule has 0 spiro atoms. The summed E-state index contributed by atoms with van der Waals surface area (Å²) in [7, 11) is 3.81. The normalized spacial score (nSPS) is 12.7. The average Bonchev–Trinajstić information content (AvgIpc) is 3.19. The van der Waals surface area contributed by atoms with Gasteiger partial charge in [0.25, 0.3) is 14.1 Å². The van der Waals surface area contributed by atoms with E-state index in [1.165, 1.54) is 15.5 Å². The average molecular weight is 522 g/mol. The first-order chi connectivity index (χ1) is 17.1. The van der Waals surface area contributed by atoms with Crippen molar-refractivity contribution in [3.05, 3.63) is 16.7 Å². The van der Waals surface area contributed by atoms with E-state index in [-0.39, 0.29) is 73.4 Å². The van der Waals surface area contributed by atoms with Crippen molar-refractivity contribution in [3.8, 4) is 6.07 Å². The first-order valence-electron chi connectivity index (χ1n) is 11.7. The predicted molar refractivity (Wildman–Crippen MR) is 139 cm³/mol. The smallest absolute Gasteiger partial charge is 0.282 e. The fraction of sp³-hybridized carbons (Fsp3) is 0.636. The van der Waals surface area contributed by atoms with Crippen molar-refractivity contribution in [2.75, 3.05) is 33.9 Å². The Morgan fingerprint density at radius 2 is 1.94 bits per heavy atom. The summed E-state index contributed by atoms with van der Waals surface area (Å²) in [6.45, 7) is 8.96. The molecule has 2 aromatic heterocycles. The molecule has 2 aromatic rings. The van der Waals surface area contributed by atoms with Gasteiger partial charge in [-0.1, -0.05) is 0 Å². The van der Waals surface area contributed by atoms with Crippen molar-refractivity contribution in [2.24, 2.45) is 12.0 Å². The number of aliphatic imine (C=N–C) groups is 1. The minimum atomic E-state index is -1.38. The summed E-state index contributed by atoms with van der Waals surface area (Å²) < 4.78 is 16.8. The maximum absolute atomic E-state index is 12.6. The number of hydrogen-bond donors (Lipinski definition) is 1. The van der Waals surface area contributed by atoms with Crippen LogP contribution < -0.4 is 10.9 Å². The van der Waals surface area contributed by atoms with E-state index in [4.69, 9.17) is 14.3 Å². The Labute approximate surface area is 212 Å². The van der Waals surface area contributed by atoms with Crippen LogP contribution in [0.15, 0.2) is 16.1 Å². The van der Waals surface area contributed by atoms with Crippen molar-refractivity contribution in [2.45, 2.75) is 52.7 Å². The maximum atomic E-state index is 12.6. The van der Waals surface area contributed by atoms with Gasteiger partial charge in [-0.2, -0.15) is 10.2 Å². The highest BCUT2D eigenvalue weighted by molar-refractivity contribution is 7.44. The summed E-state index contributed by atoms with van der Waals surface area (Å²) in [5, 5.41) is 11.6. The zero-order chi connectivity index (χ0) is 26.8. The van der Waals surface area contributed by atoms with Crippen LogP contribution in [0.3, 0.4) is 0 Å². The molecule has 0 aromatic carbocycles. The van der Waals surface area contributed by atoms with E-state index in [0.29, 0.717) is 0 Å². The van der Waals surface area contributed by atoms with Crippen LogP contribution in [-0.4, -0.2) is 86.9 Å². The molecule has 0 saturated heterocycles. The quantitative estimate of drug-likeness (QED) is 0.170. The number of rotatable bonds is 14. The van der Waals surface area contributed by atoms with Gasteiger partial charge in [-0.3, -0.25) is 14.2 Å². The summed E-state index contributed by atoms with van der Waals surface area (Å²) in [4.78, 5) is 39.7. The number of hydrogen-bond acceptors (Lipinski definition) is 9. The molecule has 0 bridgehead atoms. The zero-order valence-electron chi connectivity index (χ0n) is 22.0. The van der Waals surface area contributed by atoms with Gasteiger partial charge in [-0.25, -0.2) is 14.6 Å². The number of nitrogens with zero attached hydrogens (tertiary/aromatic N) is 8. The highest BCUT2D eigenvalue weighted by Crippen LogP contribution is 2.45. The third-order valence-electron chi connectivity index (χ3n) is 4.83. The van der Waals surface area contributed by atoms with Crippen molar-refractivity contribution in [1.82, 2.24) is 34.0 Å². The highest BCUT2D eigenvalue weighted by Gasteiger charge is 2.27. The SMILES string of the molecule is CC(C)N(C(C)C)P(OCCC#N)OCCNC(=O)Cn1cnc2c(=O)n(C)c(/N=C/N(C)C)nc21. The lowest BCUT2D eigenvalue weighted by molar-refractivity contribution is -0.121. The largest absolute Gasteiger partial charge is 0.369 e. The zero-order valence-corrected chi connectivity index (χ0v) is 22.9. The molecule has 2 rings (SSSR count). The lowest BCUT2D eigenvalue weighted by Gasteiger charge is -2.35. The molecule has 0 saturated carbocycles. The summed E-state index contributed by atoms with van der Waals surface area (Å²) in [5.41, 5.74) is 0.109. The molecule has 0 fully saturated rings. The first kappa shape index (κ1) is 29.3. The van der Waals surface area contributed by atoms with Gasteiger partial charge in [0.15, 0.2) is 11.2 Å². The summed E-state index contributed by atoms with van der Waals surface area (Å²) in [6, 6.07) is 2.45. The molecule has 1 unspecified atom stereocenters. The Morgan fingerprint density at radius 3 is 2.56 bits per heavy atom. The summed E-state index contributed by atoms with van der Waals surface area (Å²) in [6.07, 6.45) is 3.24. The first-order valence-corrected chi connectivity index (χ1v) is 12.8. The van der Waals surface area contributed by atoms with Crippen molar-refractivity contribution in [1.29, 1.82) is 5.26 Å². The molecule has 1 amide bonds. The molecule has 2 heterocycles. The maximum Gasteiger partial charge on any atom is 0.282 e. The Morgan fingerprint density at radius 1 is 1.28 bits per heavy atom. The molecule has 0 aliphatic carbocycles. The minimum absolute atomic E-state index is 0.0644. The Kier molecular flexibility index (Phi) is 11.4. The third-order valence-corrected chi connectivity index (χ3v) is 6.94. The highest BCUT2D eigenvalue weighted by atomic mass is 31.2. The van der Waals surface area contributed by atoms with Gasteiger partial charge in [-0.15, -0.1) is 0 Å². The molecule has 1 atom stereocenters. The molecule has 0 aliphatic rings. The summed E-state index contributed by atoms with van der Waals surface area (Å²) in [5.74, 6) is -0.0700. The number of nitrogens with one attached hydrogen (secondary N) is 1.